The van der Waals surface area contributed by atoms with Gasteiger partial charge in [0.2, 0.25) is 0 Å². The Hall–Kier alpha value is -3.43. The SMILES string of the molecule is O=C(c1cccs1)N(Cc1ccc(OS(=O)(=O)c2ccc(F)cc2)cc1)Cc1ccco1. The van der Waals surface area contributed by atoms with Crippen LogP contribution in [0.2, 0.25) is 0 Å². The summed E-state index contributed by atoms with van der Waals surface area (Å²) in [4.78, 5) is 15.1. The van der Waals surface area contributed by atoms with Crippen LogP contribution in [0.1, 0.15) is 21.0 Å². The van der Waals surface area contributed by atoms with E-state index in [0.29, 0.717) is 23.7 Å². The summed E-state index contributed by atoms with van der Waals surface area (Å²) in [5.74, 6) is 0.0978. The fourth-order valence-electron chi connectivity index (χ4n) is 2.99. The van der Waals surface area contributed by atoms with E-state index in [-0.39, 0.29) is 16.6 Å². The number of rotatable bonds is 8. The normalized spacial score (nSPS) is 11.3. The Morgan fingerprint density at radius 1 is 0.969 bits per heavy atom. The van der Waals surface area contributed by atoms with Crippen molar-refractivity contribution in [2.45, 2.75) is 18.0 Å². The maximum absolute atomic E-state index is 13.0. The minimum atomic E-state index is -4.09. The van der Waals surface area contributed by atoms with Crippen LogP contribution in [-0.2, 0) is 23.2 Å². The summed E-state index contributed by atoms with van der Waals surface area (Å²) in [5, 5.41) is 1.84. The fourth-order valence-corrected chi connectivity index (χ4v) is 4.61. The molecule has 9 heteroatoms. The van der Waals surface area contributed by atoms with Gasteiger partial charge in [-0.15, -0.1) is 11.3 Å². The third-order valence-corrected chi connectivity index (χ3v) is 6.67. The van der Waals surface area contributed by atoms with Gasteiger partial charge in [-0.3, -0.25) is 4.79 Å². The highest BCUT2D eigenvalue weighted by Gasteiger charge is 2.20. The van der Waals surface area contributed by atoms with Crippen molar-refractivity contribution < 1.29 is 26.2 Å². The highest BCUT2D eigenvalue weighted by molar-refractivity contribution is 7.87. The first-order valence-electron chi connectivity index (χ1n) is 9.55. The fraction of sp³-hybridized carbons (Fsp3) is 0.0870. The molecular formula is C23H18FNO5S2. The molecule has 4 aromatic rings. The van der Waals surface area contributed by atoms with Gasteiger partial charge in [0.25, 0.3) is 5.91 Å². The Bertz CT molecular complexity index is 1270. The van der Waals surface area contributed by atoms with Crippen molar-refractivity contribution >= 4 is 27.4 Å². The maximum atomic E-state index is 13.0. The zero-order chi connectivity index (χ0) is 22.6. The van der Waals surface area contributed by atoms with Gasteiger partial charge in [0.05, 0.1) is 17.7 Å². The van der Waals surface area contributed by atoms with Gasteiger partial charge in [-0.25, -0.2) is 4.39 Å². The van der Waals surface area contributed by atoms with Gasteiger partial charge in [-0.05, 0) is 65.5 Å². The zero-order valence-electron chi connectivity index (χ0n) is 16.7. The monoisotopic (exact) mass is 471 g/mol. The van der Waals surface area contributed by atoms with Crippen molar-refractivity contribution in [3.63, 3.8) is 0 Å². The van der Waals surface area contributed by atoms with Crippen LogP contribution in [0, 0.1) is 5.82 Å². The Kier molecular flexibility index (Phi) is 6.38. The lowest BCUT2D eigenvalue weighted by Gasteiger charge is -2.21. The first-order valence-corrected chi connectivity index (χ1v) is 11.8. The molecule has 0 N–H and O–H groups in total. The molecule has 0 radical (unpaired) electrons. The van der Waals surface area contributed by atoms with Gasteiger partial charge in [-0.2, -0.15) is 8.42 Å². The topological polar surface area (TPSA) is 76.8 Å². The van der Waals surface area contributed by atoms with Crippen LogP contribution in [0.25, 0.3) is 0 Å². The number of carbonyl (C=O) groups is 1. The Labute approximate surface area is 188 Å². The number of nitrogens with zero attached hydrogens (tertiary/aromatic N) is 1. The van der Waals surface area contributed by atoms with E-state index in [1.807, 2.05) is 11.4 Å². The van der Waals surface area contributed by atoms with E-state index in [1.54, 1.807) is 41.5 Å². The molecule has 1 amide bonds. The van der Waals surface area contributed by atoms with E-state index in [9.17, 15) is 17.6 Å². The summed E-state index contributed by atoms with van der Waals surface area (Å²) in [7, 11) is -4.09. The van der Waals surface area contributed by atoms with Crippen LogP contribution in [0.3, 0.4) is 0 Å². The zero-order valence-corrected chi connectivity index (χ0v) is 18.3. The van der Waals surface area contributed by atoms with Crippen molar-refractivity contribution in [3.05, 3.63) is 106 Å². The molecule has 0 saturated heterocycles. The second kappa shape index (κ2) is 9.37. The third-order valence-electron chi connectivity index (χ3n) is 4.55. The predicted molar refractivity (Wildman–Crippen MR) is 117 cm³/mol. The molecular weight excluding hydrogens is 453 g/mol. The highest BCUT2D eigenvalue weighted by atomic mass is 32.2. The minimum Gasteiger partial charge on any atom is -0.467 e. The standard InChI is InChI=1S/C23H18FNO5S2/c24-18-7-11-21(12-8-18)32(27,28)30-19-9-5-17(6-10-19)15-25(16-20-3-1-13-29-20)23(26)22-4-2-14-31-22/h1-14H,15-16H2. The molecule has 0 aliphatic heterocycles. The minimum absolute atomic E-state index is 0.111. The molecule has 0 atom stereocenters. The summed E-state index contributed by atoms with van der Waals surface area (Å²) >= 11 is 1.36. The summed E-state index contributed by atoms with van der Waals surface area (Å²) < 4.78 is 48.3. The molecule has 6 nitrogen and oxygen atoms in total. The smallest absolute Gasteiger partial charge is 0.339 e. The van der Waals surface area contributed by atoms with E-state index in [0.717, 1.165) is 29.8 Å². The second-order valence-corrected chi connectivity index (χ2v) is 9.35. The second-order valence-electron chi connectivity index (χ2n) is 6.85. The lowest BCUT2D eigenvalue weighted by atomic mass is 10.2. The molecule has 0 aliphatic carbocycles. The largest absolute Gasteiger partial charge is 0.467 e. The van der Waals surface area contributed by atoms with E-state index in [2.05, 4.69) is 0 Å². The molecule has 2 aromatic carbocycles. The highest BCUT2D eigenvalue weighted by Crippen LogP contribution is 2.22. The molecule has 0 bridgehead atoms. The average Bonchev–Trinajstić information content (AvgIpc) is 3.49. The number of halogens is 1. The number of furan rings is 1. The summed E-state index contributed by atoms with van der Waals surface area (Å²) in [5.41, 5.74) is 0.785. The van der Waals surface area contributed by atoms with Crippen LogP contribution in [0.15, 0.2) is 93.8 Å². The molecule has 0 fully saturated rings. The first kappa shape index (κ1) is 21.8. The molecule has 0 aliphatic rings. The van der Waals surface area contributed by atoms with E-state index in [4.69, 9.17) is 8.60 Å². The van der Waals surface area contributed by atoms with E-state index >= 15 is 0 Å². The number of benzene rings is 2. The van der Waals surface area contributed by atoms with Crippen molar-refractivity contribution in [3.8, 4) is 5.75 Å². The van der Waals surface area contributed by atoms with Gasteiger partial charge >= 0.3 is 10.1 Å². The van der Waals surface area contributed by atoms with Crippen LogP contribution < -0.4 is 4.18 Å². The molecule has 0 spiro atoms. The van der Waals surface area contributed by atoms with Gasteiger partial charge in [0, 0.05) is 6.54 Å². The number of thiophene rings is 1. The molecule has 32 heavy (non-hydrogen) atoms. The van der Waals surface area contributed by atoms with Crippen molar-refractivity contribution in [1.29, 1.82) is 0 Å². The molecule has 164 valence electrons. The van der Waals surface area contributed by atoms with Crippen molar-refractivity contribution in [2.24, 2.45) is 0 Å². The van der Waals surface area contributed by atoms with E-state index in [1.165, 1.54) is 23.5 Å². The molecule has 0 saturated carbocycles. The number of hydrogen-bond donors (Lipinski definition) is 0. The van der Waals surface area contributed by atoms with Gasteiger partial charge in [0.15, 0.2) is 0 Å². The molecule has 2 aromatic heterocycles. The average molecular weight is 472 g/mol. The first-order chi connectivity index (χ1) is 15.4. The molecule has 0 unspecified atom stereocenters. The summed E-state index contributed by atoms with van der Waals surface area (Å²) in [6, 6.07) is 17.9. The third kappa shape index (κ3) is 5.24. The summed E-state index contributed by atoms with van der Waals surface area (Å²) in [6.45, 7) is 0.587. The summed E-state index contributed by atoms with van der Waals surface area (Å²) in [6.07, 6.45) is 1.55. The lowest BCUT2D eigenvalue weighted by molar-refractivity contribution is 0.0722. The van der Waals surface area contributed by atoms with Crippen molar-refractivity contribution in [1.82, 2.24) is 4.90 Å². The van der Waals surface area contributed by atoms with E-state index < -0.39 is 15.9 Å². The Balaban J connectivity index is 1.49. The van der Waals surface area contributed by atoms with Crippen LogP contribution in [0.4, 0.5) is 4.39 Å². The molecule has 2 heterocycles. The lowest BCUT2D eigenvalue weighted by Crippen LogP contribution is -2.29. The maximum Gasteiger partial charge on any atom is 0.339 e. The van der Waals surface area contributed by atoms with Crippen LogP contribution in [0.5, 0.6) is 5.75 Å². The van der Waals surface area contributed by atoms with Gasteiger partial charge in [-0.1, -0.05) is 18.2 Å². The number of amides is 1. The number of hydrogen-bond acceptors (Lipinski definition) is 6. The van der Waals surface area contributed by atoms with Crippen molar-refractivity contribution in [2.75, 3.05) is 0 Å². The Morgan fingerprint density at radius 3 is 2.34 bits per heavy atom. The quantitative estimate of drug-likeness (QED) is 0.335. The van der Waals surface area contributed by atoms with Crippen LogP contribution >= 0.6 is 11.3 Å². The number of carbonyl (C=O) groups excluding carboxylic acids is 1. The predicted octanol–water partition coefficient (Wildman–Crippen LogP) is 5.09. The Morgan fingerprint density at radius 2 is 1.72 bits per heavy atom. The van der Waals surface area contributed by atoms with Gasteiger partial charge in [0.1, 0.15) is 22.2 Å². The van der Waals surface area contributed by atoms with Crippen LogP contribution in [-0.4, -0.2) is 19.2 Å². The van der Waals surface area contributed by atoms with Gasteiger partial charge < -0.3 is 13.5 Å². The molecule has 4 rings (SSSR count).